The van der Waals surface area contributed by atoms with Gasteiger partial charge in [0, 0.05) is 77.0 Å². The Labute approximate surface area is 234 Å². The van der Waals surface area contributed by atoms with E-state index in [0.717, 1.165) is 39.4 Å². The zero-order valence-electron chi connectivity index (χ0n) is 22.1. The van der Waals surface area contributed by atoms with Gasteiger partial charge in [0.05, 0.1) is 17.3 Å². The van der Waals surface area contributed by atoms with Gasteiger partial charge in [-0.25, -0.2) is 4.98 Å². The van der Waals surface area contributed by atoms with Crippen molar-refractivity contribution in [1.29, 1.82) is 5.26 Å². The van der Waals surface area contributed by atoms with E-state index >= 15 is 0 Å². The molecular weight excluding hydrogens is 516 g/mol. The summed E-state index contributed by atoms with van der Waals surface area (Å²) < 4.78 is 5.47. The molecule has 0 radical (unpaired) electrons. The summed E-state index contributed by atoms with van der Waals surface area (Å²) in [7, 11) is 0. The van der Waals surface area contributed by atoms with Gasteiger partial charge in [-0.05, 0) is 42.8 Å². The first-order valence-electron chi connectivity index (χ1n) is 13.3. The highest BCUT2D eigenvalue weighted by atomic mass is 16.4. The van der Waals surface area contributed by atoms with E-state index in [2.05, 4.69) is 36.5 Å². The number of pyridine rings is 2. The van der Waals surface area contributed by atoms with Crippen molar-refractivity contribution in [2.45, 2.75) is 19.4 Å². The first kappa shape index (κ1) is 24.5. The van der Waals surface area contributed by atoms with Gasteiger partial charge in [0.15, 0.2) is 0 Å². The highest BCUT2D eigenvalue weighted by Gasteiger charge is 2.27. The maximum absolute atomic E-state index is 13.2. The number of carbonyl (C=O) groups is 1. The molecule has 0 aliphatic carbocycles. The van der Waals surface area contributed by atoms with Crippen LogP contribution in [-0.4, -0.2) is 55.1 Å². The number of para-hydroxylation sites is 1. The number of hydrogen-bond acceptors (Lipinski definition) is 8. The van der Waals surface area contributed by atoms with Crippen LogP contribution in [0.5, 0.6) is 0 Å². The van der Waals surface area contributed by atoms with Gasteiger partial charge < -0.3 is 19.6 Å². The molecule has 0 saturated carbocycles. The lowest BCUT2D eigenvalue weighted by atomic mass is 9.97. The topological polar surface area (TPSA) is 137 Å². The Hall–Kier alpha value is -5.56. The third-order valence-corrected chi connectivity index (χ3v) is 7.47. The quantitative estimate of drug-likeness (QED) is 0.299. The van der Waals surface area contributed by atoms with Gasteiger partial charge in [0.25, 0.3) is 5.91 Å². The number of aromatic amines is 1. The van der Waals surface area contributed by atoms with Crippen molar-refractivity contribution in [3.63, 3.8) is 0 Å². The van der Waals surface area contributed by atoms with Crippen LogP contribution in [-0.2, 0) is 0 Å². The second-order valence-electron chi connectivity index (χ2n) is 10.1. The molecule has 7 rings (SSSR count). The van der Waals surface area contributed by atoms with E-state index in [1.807, 2.05) is 53.6 Å². The lowest BCUT2D eigenvalue weighted by molar-refractivity contribution is 0.0791. The summed E-state index contributed by atoms with van der Waals surface area (Å²) in [5, 5.41) is 23.2. The number of nitrogens with zero attached hydrogens (tertiary/aromatic N) is 6. The number of hydrogen-bond donors (Lipinski definition) is 2. The molecule has 2 N–H and O–H groups in total. The van der Waals surface area contributed by atoms with Crippen molar-refractivity contribution in [1.82, 2.24) is 30.0 Å². The molecule has 1 saturated heterocycles. The Morgan fingerprint density at radius 2 is 1.95 bits per heavy atom. The standard InChI is InChI=1S/C31H24N8O2/c1-18-37-38-30(41-18)19-6-8-20(9-7-19)31(40)39-11-10-22(17-39)36-28-12-24-27(16-35-28)33-14-21(13-32)29(24)25-15-34-26-5-3-2-4-23(25)26/h2-9,12,14-16,22,34H,10-11,17H2,1H3,(H,35,36)/t22-/m1/s1. The summed E-state index contributed by atoms with van der Waals surface area (Å²) in [6.07, 6.45) is 6.05. The molecule has 0 unspecified atom stereocenters. The number of anilines is 1. The molecule has 1 atom stereocenters. The average Bonchev–Trinajstić information content (AvgIpc) is 3.76. The number of aryl methyl sites for hydroxylation is 1. The molecular formula is C31H24N8O2. The third-order valence-electron chi connectivity index (χ3n) is 7.47. The predicted molar refractivity (Wildman–Crippen MR) is 154 cm³/mol. The molecule has 4 aromatic heterocycles. The summed E-state index contributed by atoms with van der Waals surface area (Å²) >= 11 is 0. The SMILES string of the molecule is Cc1nnc(-c2ccc(C(=O)N3CC[C@@H](Nc4cc5c(-c6c[nH]c7ccccc67)c(C#N)cnc5cn4)C3)cc2)o1. The summed E-state index contributed by atoms with van der Waals surface area (Å²) in [6, 6.07) is 19.5. The van der Waals surface area contributed by atoms with Crippen LogP contribution < -0.4 is 5.32 Å². The van der Waals surface area contributed by atoms with Crippen LogP contribution in [0.2, 0.25) is 0 Å². The number of carbonyl (C=O) groups excluding carboxylic acids is 1. The summed E-state index contributed by atoms with van der Waals surface area (Å²) in [5.74, 6) is 1.57. The Kier molecular flexibility index (Phi) is 5.90. The number of amides is 1. The minimum Gasteiger partial charge on any atom is -0.421 e. The lowest BCUT2D eigenvalue weighted by Gasteiger charge is -2.18. The minimum absolute atomic E-state index is 0.0292. The molecule has 5 heterocycles. The van der Waals surface area contributed by atoms with Crippen LogP contribution in [0.15, 0.2) is 77.6 Å². The normalized spacial score (nSPS) is 14.9. The van der Waals surface area contributed by atoms with E-state index < -0.39 is 0 Å². The van der Waals surface area contributed by atoms with Crippen LogP contribution in [0.3, 0.4) is 0 Å². The molecule has 1 fully saturated rings. The summed E-state index contributed by atoms with van der Waals surface area (Å²) in [6.45, 7) is 2.92. The van der Waals surface area contributed by atoms with Crippen LogP contribution in [0.1, 0.15) is 28.2 Å². The molecule has 10 heteroatoms. The lowest BCUT2D eigenvalue weighted by Crippen LogP contribution is -2.31. The van der Waals surface area contributed by atoms with Gasteiger partial charge in [-0.1, -0.05) is 18.2 Å². The fraction of sp³-hybridized carbons (Fsp3) is 0.161. The molecule has 1 aliphatic rings. The molecule has 200 valence electrons. The van der Waals surface area contributed by atoms with Gasteiger partial charge in [-0.15, -0.1) is 10.2 Å². The highest BCUT2D eigenvalue weighted by molar-refractivity contribution is 6.06. The van der Waals surface area contributed by atoms with Gasteiger partial charge in [-0.3, -0.25) is 9.78 Å². The zero-order valence-corrected chi connectivity index (χ0v) is 22.1. The molecule has 1 amide bonds. The van der Waals surface area contributed by atoms with Crippen molar-refractivity contribution in [2.75, 3.05) is 18.4 Å². The smallest absolute Gasteiger partial charge is 0.253 e. The molecule has 10 nitrogen and oxygen atoms in total. The molecule has 1 aliphatic heterocycles. The molecule has 2 aromatic carbocycles. The Morgan fingerprint density at radius 3 is 2.76 bits per heavy atom. The average molecular weight is 541 g/mol. The van der Waals surface area contributed by atoms with Crippen molar-refractivity contribution in [3.8, 4) is 28.7 Å². The maximum atomic E-state index is 13.2. The second-order valence-corrected chi connectivity index (χ2v) is 10.1. The van der Waals surface area contributed by atoms with Crippen LogP contribution >= 0.6 is 0 Å². The number of rotatable bonds is 5. The number of nitriles is 1. The van der Waals surface area contributed by atoms with Crippen molar-refractivity contribution in [2.24, 2.45) is 0 Å². The van der Waals surface area contributed by atoms with Gasteiger partial charge >= 0.3 is 0 Å². The first-order chi connectivity index (χ1) is 20.1. The Bertz CT molecular complexity index is 1970. The van der Waals surface area contributed by atoms with Crippen LogP contribution in [0, 0.1) is 18.3 Å². The number of benzene rings is 2. The maximum Gasteiger partial charge on any atom is 0.253 e. The molecule has 0 bridgehead atoms. The fourth-order valence-electron chi connectivity index (χ4n) is 5.45. The van der Waals surface area contributed by atoms with Gasteiger partial charge in [0.1, 0.15) is 11.9 Å². The zero-order chi connectivity index (χ0) is 27.9. The van der Waals surface area contributed by atoms with Crippen molar-refractivity contribution >= 4 is 33.5 Å². The Morgan fingerprint density at radius 1 is 1.10 bits per heavy atom. The number of H-pyrrole nitrogens is 1. The van der Waals surface area contributed by atoms with E-state index in [9.17, 15) is 10.1 Å². The van der Waals surface area contributed by atoms with Gasteiger partial charge in [-0.2, -0.15) is 5.26 Å². The summed E-state index contributed by atoms with van der Waals surface area (Å²) in [5.41, 5.74) is 5.34. The first-order valence-corrected chi connectivity index (χ1v) is 13.3. The van der Waals surface area contributed by atoms with Gasteiger partial charge in [0.2, 0.25) is 11.8 Å². The van der Waals surface area contributed by atoms with E-state index in [1.165, 1.54) is 0 Å². The third kappa shape index (κ3) is 4.43. The van der Waals surface area contributed by atoms with E-state index in [1.54, 1.807) is 31.5 Å². The second kappa shape index (κ2) is 9.88. The molecule has 0 spiro atoms. The predicted octanol–water partition coefficient (Wildman–Crippen LogP) is 5.33. The number of aromatic nitrogens is 5. The fourth-order valence-corrected chi connectivity index (χ4v) is 5.45. The number of fused-ring (bicyclic) bond motifs is 2. The number of nitrogens with one attached hydrogen (secondary N) is 2. The van der Waals surface area contributed by atoms with Crippen molar-refractivity contribution in [3.05, 3.63) is 90.2 Å². The molecule has 41 heavy (non-hydrogen) atoms. The number of likely N-dealkylation sites (tertiary alicyclic amines) is 1. The highest BCUT2D eigenvalue weighted by Crippen LogP contribution is 2.36. The largest absolute Gasteiger partial charge is 0.421 e. The monoisotopic (exact) mass is 540 g/mol. The van der Waals surface area contributed by atoms with Crippen LogP contribution in [0.25, 0.3) is 44.4 Å². The van der Waals surface area contributed by atoms with Crippen LogP contribution in [0.4, 0.5) is 5.82 Å². The van der Waals surface area contributed by atoms with E-state index in [-0.39, 0.29) is 11.9 Å². The van der Waals surface area contributed by atoms with E-state index in [0.29, 0.717) is 47.3 Å². The van der Waals surface area contributed by atoms with E-state index in [4.69, 9.17) is 4.42 Å². The molecule has 6 aromatic rings. The Balaban J connectivity index is 1.12. The summed E-state index contributed by atoms with van der Waals surface area (Å²) in [4.78, 5) is 27.4. The van der Waals surface area contributed by atoms with Crippen molar-refractivity contribution < 1.29 is 9.21 Å². The minimum atomic E-state index is -0.0292.